The van der Waals surface area contributed by atoms with Gasteiger partial charge in [-0.15, -0.1) is 0 Å². The fourth-order valence-corrected chi connectivity index (χ4v) is 3.64. The second-order valence-corrected chi connectivity index (χ2v) is 9.39. The van der Waals surface area contributed by atoms with Gasteiger partial charge < -0.3 is 4.74 Å². The lowest BCUT2D eigenvalue weighted by atomic mass is 9.81. The first kappa shape index (κ1) is 24.1. The minimum absolute atomic E-state index is 0.0511. The van der Waals surface area contributed by atoms with Crippen molar-refractivity contribution in [3.63, 3.8) is 0 Å². The third-order valence-electron chi connectivity index (χ3n) is 5.59. The Kier molecular flexibility index (Phi) is 9.08. The van der Waals surface area contributed by atoms with Crippen molar-refractivity contribution in [3.8, 4) is 11.1 Å². The van der Waals surface area contributed by atoms with E-state index < -0.39 is 5.41 Å². The molecule has 0 amide bonds. The molecule has 0 saturated heterocycles. The number of esters is 1. The van der Waals surface area contributed by atoms with E-state index >= 15 is 0 Å². The normalized spacial score (nSPS) is 11.7. The van der Waals surface area contributed by atoms with Crippen LogP contribution in [0.15, 0.2) is 40.7 Å². The van der Waals surface area contributed by atoms with Crippen molar-refractivity contribution in [2.24, 2.45) is 18.4 Å². The Balaban J connectivity index is 1.70. The highest BCUT2D eigenvalue weighted by atomic mass is 32.2. The Morgan fingerprint density at radius 3 is 2.50 bits per heavy atom. The minimum atomic E-state index is -0.438. The van der Waals surface area contributed by atoms with Gasteiger partial charge in [0.25, 0.3) is 5.56 Å². The maximum Gasteiger partial charge on any atom is 0.311 e. The zero-order chi connectivity index (χ0) is 22.1. The van der Waals surface area contributed by atoms with Gasteiger partial charge in [0.1, 0.15) is 0 Å². The van der Waals surface area contributed by atoms with Gasteiger partial charge in [-0.2, -0.15) is 0 Å². The third-order valence-corrected chi connectivity index (χ3v) is 6.72. The average Bonchev–Trinajstić information content (AvgIpc) is 2.73. The van der Waals surface area contributed by atoms with Crippen molar-refractivity contribution in [1.82, 2.24) is 14.5 Å². The van der Waals surface area contributed by atoms with Crippen molar-refractivity contribution in [2.75, 3.05) is 12.4 Å². The Bertz CT molecular complexity index is 879. The topological polar surface area (TPSA) is 74.1 Å². The molecule has 0 unspecified atom stereocenters. The van der Waals surface area contributed by atoms with Gasteiger partial charge in [0, 0.05) is 31.4 Å². The molecule has 30 heavy (non-hydrogen) atoms. The number of nitrogens with zero attached hydrogens (tertiary/aromatic N) is 3. The maximum atomic E-state index is 12.6. The highest BCUT2D eigenvalue weighted by Gasteiger charge is 2.32. The Morgan fingerprint density at radius 2 is 1.83 bits per heavy atom. The van der Waals surface area contributed by atoms with Gasteiger partial charge in [-0.3, -0.25) is 19.1 Å². The first-order valence-corrected chi connectivity index (χ1v) is 11.5. The van der Waals surface area contributed by atoms with Gasteiger partial charge in [0.15, 0.2) is 5.16 Å². The average molecular weight is 432 g/mol. The van der Waals surface area contributed by atoms with Crippen LogP contribution in [0.3, 0.4) is 0 Å². The summed E-state index contributed by atoms with van der Waals surface area (Å²) in [6, 6.07) is 3.62. The highest BCUT2D eigenvalue weighted by molar-refractivity contribution is 7.99. The Hall–Kier alpha value is -2.15. The fraction of sp³-hybridized carbons (Fsp3) is 0.565. The second kappa shape index (κ2) is 11.3. The number of thioether (sulfide) groups is 1. The summed E-state index contributed by atoms with van der Waals surface area (Å²) in [5.41, 5.74) is 0.920. The molecule has 0 spiro atoms. The van der Waals surface area contributed by atoms with E-state index in [1.54, 1.807) is 42.0 Å². The van der Waals surface area contributed by atoms with Crippen molar-refractivity contribution in [1.29, 1.82) is 0 Å². The maximum absolute atomic E-state index is 12.6. The number of hydrogen-bond acceptors (Lipinski definition) is 6. The third kappa shape index (κ3) is 6.42. The van der Waals surface area contributed by atoms with E-state index in [9.17, 15) is 9.59 Å². The second-order valence-electron chi connectivity index (χ2n) is 8.33. The van der Waals surface area contributed by atoms with Crippen LogP contribution in [-0.4, -0.2) is 32.9 Å². The molecule has 0 aliphatic heterocycles. The fourth-order valence-electron chi connectivity index (χ4n) is 2.70. The SMILES string of the molecule is CC(C)C(C)(C)C(=O)OCCCCCCSc1ncc(-c2ccncc2)c(=O)n1C. The van der Waals surface area contributed by atoms with E-state index in [-0.39, 0.29) is 17.4 Å². The molecule has 2 aromatic rings. The lowest BCUT2D eigenvalue weighted by molar-refractivity contribution is -0.156. The Labute approximate surface area is 183 Å². The summed E-state index contributed by atoms with van der Waals surface area (Å²) in [7, 11) is 1.76. The zero-order valence-electron chi connectivity index (χ0n) is 18.7. The summed E-state index contributed by atoms with van der Waals surface area (Å²) >= 11 is 1.59. The number of ether oxygens (including phenoxy) is 1. The van der Waals surface area contributed by atoms with Crippen LogP contribution < -0.4 is 5.56 Å². The zero-order valence-corrected chi connectivity index (χ0v) is 19.5. The number of rotatable bonds is 11. The number of aromatic nitrogens is 3. The van der Waals surface area contributed by atoms with Crippen LogP contribution >= 0.6 is 11.8 Å². The van der Waals surface area contributed by atoms with Crippen molar-refractivity contribution in [2.45, 2.75) is 58.5 Å². The monoisotopic (exact) mass is 431 g/mol. The molecule has 2 heterocycles. The van der Waals surface area contributed by atoms with E-state index in [1.807, 2.05) is 39.8 Å². The van der Waals surface area contributed by atoms with E-state index in [0.717, 1.165) is 42.2 Å². The number of pyridine rings is 1. The molecule has 0 bridgehead atoms. The summed E-state index contributed by atoms with van der Waals surface area (Å²) in [5, 5.41) is 0.725. The first-order chi connectivity index (χ1) is 14.2. The molecule has 0 N–H and O–H groups in total. The van der Waals surface area contributed by atoms with E-state index in [1.165, 1.54) is 0 Å². The molecular formula is C23H33N3O3S. The van der Waals surface area contributed by atoms with Crippen molar-refractivity contribution in [3.05, 3.63) is 41.1 Å². The lowest BCUT2D eigenvalue weighted by Crippen LogP contribution is -2.32. The number of carbonyl (C=O) groups is 1. The number of hydrogen-bond donors (Lipinski definition) is 0. The molecule has 7 heteroatoms. The van der Waals surface area contributed by atoms with Gasteiger partial charge in [-0.1, -0.05) is 38.5 Å². The Morgan fingerprint density at radius 1 is 1.17 bits per heavy atom. The van der Waals surface area contributed by atoms with Crippen LogP contribution in [0, 0.1) is 11.3 Å². The molecule has 0 fully saturated rings. The molecule has 0 radical (unpaired) electrons. The van der Waals surface area contributed by atoms with Crippen LogP contribution in [0.2, 0.25) is 0 Å². The van der Waals surface area contributed by atoms with Crippen LogP contribution in [0.4, 0.5) is 0 Å². The predicted octanol–water partition coefficient (Wildman–Crippen LogP) is 4.72. The summed E-state index contributed by atoms with van der Waals surface area (Å²) in [6.45, 7) is 8.42. The first-order valence-electron chi connectivity index (χ1n) is 10.5. The summed E-state index contributed by atoms with van der Waals surface area (Å²) in [5.74, 6) is 1.04. The molecule has 6 nitrogen and oxygen atoms in total. The highest BCUT2D eigenvalue weighted by Crippen LogP contribution is 2.27. The van der Waals surface area contributed by atoms with Gasteiger partial charge in [-0.05, 0) is 50.3 Å². The predicted molar refractivity (Wildman–Crippen MR) is 121 cm³/mol. The van der Waals surface area contributed by atoms with Gasteiger partial charge in [-0.25, -0.2) is 4.98 Å². The van der Waals surface area contributed by atoms with E-state index in [4.69, 9.17) is 4.74 Å². The lowest BCUT2D eigenvalue weighted by Gasteiger charge is -2.26. The molecule has 0 aliphatic rings. The standard InChI is InChI=1S/C23H33N3O3S/c1-17(2)23(3,4)21(28)29-14-8-6-7-9-15-30-22-25-16-19(20(27)26(22)5)18-10-12-24-13-11-18/h10-13,16-17H,6-9,14-15H2,1-5H3. The van der Waals surface area contributed by atoms with Gasteiger partial charge in [0.05, 0.1) is 17.6 Å². The van der Waals surface area contributed by atoms with Crippen LogP contribution in [0.5, 0.6) is 0 Å². The molecule has 0 saturated carbocycles. The molecule has 0 aliphatic carbocycles. The molecule has 2 rings (SSSR count). The molecule has 164 valence electrons. The van der Waals surface area contributed by atoms with E-state index in [0.29, 0.717) is 12.2 Å². The van der Waals surface area contributed by atoms with Gasteiger partial charge in [0.2, 0.25) is 0 Å². The van der Waals surface area contributed by atoms with Crippen LogP contribution in [0.25, 0.3) is 11.1 Å². The van der Waals surface area contributed by atoms with E-state index in [2.05, 4.69) is 9.97 Å². The largest absolute Gasteiger partial charge is 0.465 e. The van der Waals surface area contributed by atoms with Crippen molar-refractivity contribution < 1.29 is 9.53 Å². The minimum Gasteiger partial charge on any atom is -0.465 e. The van der Waals surface area contributed by atoms with Gasteiger partial charge >= 0.3 is 5.97 Å². The molecule has 2 aromatic heterocycles. The van der Waals surface area contributed by atoms with Crippen molar-refractivity contribution >= 4 is 17.7 Å². The number of unbranched alkanes of at least 4 members (excludes halogenated alkanes) is 3. The summed E-state index contributed by atoms with van der Waals surface area (Å²) in [4.78, 5) is 33.2. The smallest absolute Gasteiger partial charge is 0.311 e. The van der Waals surface area contributed by atoms with Crippen LogP contribution in [0.1, 0.15) is 53.4 Å². The molecular weight excluding hydrogens is 398 g/mol. The summed E-state index contributed by atoms with van der Waals surface area (Å²) < 4.78 is 7.03. The summed E-state index contributed by atoms with van der Waals surface area (Å²) in [6.07, 6.45) is 8.96. The quantitative estimate of drug-likeness (QED) is 0.222. The van der Waals surface area contributed by atoms with Crippen LogP contribution in [-0.2, 0) is 16.6 Å². The molecule has 0 aromatic carbocycles. The number of carbonyl (C=O) groups excluding carboxylic acids is 1. The molecule has 0 atom stereocenters.